The fraction of sp³-hybridized carbons (Fsp3) is 0.368. The molecule has 1 atom stereocenters. The van der Waals surface area contributed by atoms with Crippen molar-refractivity contribution in [1.29, 1.82) is 0 Å². The number of nitrogens with one attached hydrogen (secondary N) is 1. The first kappa shape index (κ1) is 16.3. The number of hydrogen-bond acceptors (Lipinski definition) is 1. The molecule has 0 spiro atoms. The minimum absolute atomic E-state index is 0.428. The molecule has 0 radical (unpaired) electrons. The number of rotatable bonds is 7. The fourth-order valence-electron chi connectivity index (χ4n) is 2.55. The van der Waals surface area contributed by atoms with Gasteiger partial charge in [0.05, 0.1) is 0 Å². The van der Waals surface area contributed by atoms with Crippen molar-refractivity contribution in [3.63, 3.8) is 0 Å². The Bertz CT molecular complexity index is 551. The van der Waals surface area contributed by atoms with Crippen LogP contribution in [-0.4, -0.2) is 6.54 Å². The Hall–Kier alpha value is -1.12. The highest BCUT2D eigenvalue weighted by molar-refractivity contribution is 9.10. The van der Waals surface area contributed by atoms with Gasteiger partial charge in [0.25, 0.3) is 0 Å². The Morgan fingerprint density at radius 3 is 2.52 bits per heavy atom. The summed E-state index contributed by atoms with van der Waals surface area (Å²) in [4.78, 5) is 0. The summed E-state index contributed by atoms with van der Waals surface area (Å²) in [6.07, 6.45) is 3.40. The highest BCUT2D eigenvalue weighted by atomic mass is 79.9. The summed E-state index contributed by atoms with van der Waals surface area (Å²) in [6, 6.07) is 17.9. The van der Waals surface area contributed by atoms with Crippen molar-refractivity contribution in [3.05, 3.63) is 69.7 Å². The number of halogens is 1. The van der Waals surface area contributed by atoms with E-state index >= 15 is 0 Å². The lowest BCUT2D eigenvalue weighted by atomic mass is 9.97. The molecule has 1 unspecified atom stereocenters. The molecule has 2 aromatic rings. The van der Waals surface area contributed by atoms with Crippen LogP contribution in [0.1, 0.15) is 42.5 Å². The van der Waals surface area contributed by atoms with Gasteiger partial charge in [0.2, 0.25) is 0 Å². The van der Waals surface area contributed by atoms with Crippen LogP contribution in [0.4, 0.5) is 0 Å². The second-order valence-electron chi connectivity index (χ2n) is 5.54. The first-order valence-corrected chi connectivity index (χ1v) is 8.53. The molecule has 0 bridgehead atoms. The van der Waals surface area contributed by atoms with E-state index in [1.807, 2.05) is 0 Å². The normalized spacial score (nSPS) is 12.3. The zero-order chi connectivity index (χ0) is 15.1. The predicted octanol–water partition coefficient (Wildman–Crippen LogP) is 5.43. The van der Waals surface area contributed by atoms with Gasteiger partial charge < -0.3 is 5.32 Å². The summed E-state index contributed by atoms with van der Waals surface area (Å²) in [5.41, 5.74) is 4.10. The van der Waals surface area contributed by atoms with Gasteiger partial charge in [-0.3, -0.25) is 0 Å². The van der Waals surface area contributed by atoms with Gasteiger partial charge in [0, 0.05) is 10.5 Å². The Labute approximate surface area is 136 Å². The maximum atomic E-state index is 3.69. The quantitative estimate of drug-likeness (QED) is 0.705. The molecular formula is C19H24BrN. The molecule has 0 amide bonds. The molecule has 2 aromatic carbocycles. The van der Waals surface area contributed by atoms with Crippen molar-refractivity contribution in [2.45, 2.75) is 39.2 Å². The van der Waals surface area contributed by atoms with E-state index in [-0.39, 0.29) is 0 Å². The third-order valence-electron chi connectivity index (χ3n) is 3.79. The first-order chi connectivity index (χ1) is 10.2. The lowest BCUT2D eigenvalue weighted by molar-refractivity contribution is 0.499. The molecule has 1 N–H and O–H groups in total. The van der Waals surface area contributed by atoms with Gasteiger partial charge in [-0.05, 0) is 55.5 Å². The van der Waals surface area contributed by atoms with Crippen molar-refractivity contribution in [2.24, 2.45) is 0 Å². The summed E-state index contributed by atoms with van der Waals surface area (Å²) in [5.74, 6) is 0. The molecule has 0 aliphatic heterocycles. The first-order valence-electron chi connectivity index (χ1n) is 7.74. The van der Waals surface area contributed by atoms with Crippen LogP contribution in [0, 0.1) is 6.92 Å². The van der Waals surface area contributed by atoms with Crippen molar-refractivity contribution < 1.29 is 0 Å². The van der Waals surface area contributed by atoms with Crippen molar-refractivity contribution >= 4 is 15.9 Å². The molecule has 0 saturated heterocycles. The number of benzene rings is 2. The average Bonchev–Trinajstić information content (AvgIpc) is 2.51. The average molecular weight is 346 g/mol. The molecule has 0 fully saturated rings. The van der Waals surface area contributed by atoms with Gasteiger partial charge in [-0.25, -0.2) is 0 Å². The minimum atomic E-state index is 0.428. The Morgan fingerprint density at radius 2 is 1.86 bits per heavy atom. The number of aryl methyl sites for hydroxylation is 2. The molecule has 0 aromatic heterocycles. The van der Waals surface area contributed by atoms with E-state index in [1.165, 1.54) is 21.2 Å². The molecule has 2 rings (SSSR count). The van der Waals surface area contributed by atoms with Crippen molar-refractivity contribution in [3.8, 4) is 0 Å². The van der Waals surface area contributed by atoms with Gasteiger partial charge in [0.15, 0.2) is 0 Å². The summed E-state index contributed by atoms with van der Waals surface area (Å²) >= 11 is 3.59. The highest BCUT2D eigenvalue weighted by Gasteiger charge is 2.11. The van der Waals surface area contributed by atoms with Crippen molar-refractivity contribution in [1.82, 2.24) is 5.32 Å². The van der Waals surface area contributed by atoms with Gasteiger partial charge >= 0.3 is 0 Å². The van der Waals surface area contributed by atoms with E-state index in [0.29, 0.717) is 6.04 Å². The van der Waals surface area contributed by atoms with E-state index in [4.69, 9.17) is 0 Å². The van der Waals surface area contributed by atoms with Crippen LogP contribution < -0.4 is 5.32 Å². The van der Waals surface area contributed by atoms with Crippen LogP contribution in [0.3, 0.4) is 0 Å². The van der Waals surface area contributed by atoms with Crippen LogP contribution in [0.5, 0.6) is 0 Å². The van der Waals surface area contributed by atoms with Crippen LogP contribution in [0.2, 0.25) is 0 Å². The predicted molar refractivity (Wildman–Crippen MR) is 94.7 cm³/mol. The van der Waals surface area contributed by atoms with E-state index in [1.54, 1.807) is 0 Å². The Balaban J connectivity index is 2.08. The second-order valence-corrected chi connectivity index (χ2v) is 6.39. The molecule has 0 heterocycles. The van der Waals surface area contributed by atoms with Crippen LogP contribution in [0.15, 0.2) is 53.0 Å². The molecule has 1 nitrogen and oxygen atoms in total. The maximum absolute atomic E-state index is 3.69. The maximum Gasteiger partial charge on any atom is 0.0323 e. The molecule has 112 valence electrons. The lowest BCUT2D eigenvalue weighted by Crippen LogP contribution is -2.22. The monoisotopic (exact) mass is 345 g/mol. The van der Waals surface area contributed by atoms with Gasteiger partial charge in [-0.1, -0.05) is 65.3 Å². The summed E-state index contributed by atoms with van der Waals surface area (Å²) in [5, 5.41) is 3.69. The third kappa shape index (κ3) is 4.98. The molecule has 0 aliphatic carbocycles. The molecular weight excluding hydrogens is 322 g/mol. The minimum Gasteiger partial charge on any atom is -0.310 e. The van der Waals surface area contributed by atoms with E-state index in [2.05, 4.69) is 83.6 Å². The largest absolute Gasteiger partial charge is 0.310 e. The smallest absolute Gasteiger partial charge is 0.0323 e. The number of hydrogen-bond donors (Lipinski definition) is 1. The van der Waals surface area contributed by atoms with E-state index in [0.717, 1.165) is 25.8 Å². The summed E-state index contributed by atoms with van der Waals surface area (Å²) in [6.45, 7) is 5.43. The summed E-state index contributed by atoms with van der Waals surface area (Å²) in [7, 11) is 0. The van der Waals surface area contributed by atoms with Gasteiger partial charge in [0.1, 0.15) is 0 Å². The Kier molecular flexibility index (Phi) is 6.47. The second kappa shape index (κ2) is 8.35. The lowest BCUT2D eigenvalue weighted by Gasteiger charge is -2.20. The molecule has 2 heteroatoms. The van der Waals surface area contributed by atoms with E-state index < -0.39 is 0 Å². The highest BCUT2D eigenvalue weighted by Crippen LogP contribution is 2.24. The molecule has 0 saturated carbocycles. The zero-order valence-corrected chi connectivity index (χ0v) is 14.5. The SMILES string of the molecule is CCCNC(CCc1ccccc1)c1ccc(Br)c(C)c1. The van der Waals surface area contributed by atoms with Crippen molar-refractivity contribution in [2.75, 3.05) is 6.54 Å². The fourth-order valence-corrected chi connectivity index (χ4v) is 2.79. The summed E-state index contributed by atoms with van der Waals surface area (Å²) < 4.78 is 1.18. The van der Waals surface area contributed by atoms with Gasteiger partial charge in [-0.15, -0.1) is 0 Å². The third-order valence-corrected chi connectivity index (χ3v) is 4.68. The Morgan fingerprint density at radius 1 is 1.10 bits per heavy atom. The van der Waals surface area contributed by atoms with E-state index in [9.17, 15) is 0 Å². The molecule has 21 heavy (non-hydrogen) atoms. The molecule has 0 aliphatic rings. The topological polar surface area (TPSA) is 12.0 Å². The van der Waals surface area contributed by atoms with Crippen LogP contribution in [-0.2, 0) is 6.42 Å². The van der Waals surface area contributed by atoms with Gasteiger partial charge in [-0.2, -0.15) is 0 Å². The standard InChI is InChI=1S/C19H24BrN/c1-3-13-21-19(12-9-16-7-5-4-6-8-16)17-10-11-18(20)15(2)14-17/h4-8,10-11,14,19,21H,3,9,12-13H2,1-2H3. The van der Waals surface area contributed by atoms with Crippen LogP contribution in [0.25, 0.3) is 0 Å². The zero-order valence-electron chi connectivity index (χ0n) is 12.9. The van der Waals surface area contributed by atoms with Crippen LogP contribution >= 0.6 is 15.9 Å².